The van der Waals surface area contributed by atoms with Crippen molar-refractivity contribution >= 4 is 34.1 Å². The van der Waals surface area contributed by atoms with Gasteiger partial charge in [-0.3, -0.25) is 9.78 Å². The van der Waals surface area contributed by atoms with Gasteiger partial charge in [-0.1, -0.05) is 11.6 Å². The van der Waals surface area contributed by atoms with Crippen LogP contribution < -0.4 is 10.6 Å². The van der Waals surface area contributed by atoms with Crippen molar-refractivity contribution in [2.24, 2.45) is 5.41 Å². The molecule has 0 atom stereocenters. The molecule has 0 radical (unpaired) electrons. The van der Waals surface area contributed by atoms with Gasteiger partial charge in [0.05, 0.1) is 11.6 Å². The van der Waals surface area contributed by atoms with Gasteiger partial charge in [0, 0.05) is 35.4 Å². The summed E-state index contributed by atoms with van der Waals surface area (Å²) in [5, 5.41) is 16.8. The number of aromatic nitrogens is 1. The number of amides is 1. The van der Waals surface area contributed by atoms with Crippen LogP contribution in [-0.4, -0.2) is 24.0 Å². The van der Waals surface area contributed by atoms with Crippen LogP contribution in [0.5, 0.6) is 0 Å². The number of nitrogens with zero attached hydrogens (tertiary/aromatic N) is 2. The number of rotatable bonds is 6. The number of hydrogen-bond acceptors (Lipinski definition) is 4. The Kier molecular flexibility index (Phi) is 4.35. The molecule has 1 fully saturated rings. The average molecular weight is 329 g/mol. The minimum Gasteiger partial charge on any atom is -0.384 e. The summed E-state index contributed by atoms with van der Waals surface area (Å²) in [6.07, 6.45) is 3.88. The fourth-order valence-electron chi connectivity index (χ4n) is 2.47. The zero-order valence-electron chi connectivity index (χ0n) is 12.6. The topological polar surface area (TPSA) is 77.8 Å². The molecule has 0 unspecified atom stereocenters. The summed E-state index contributed by atoms with van der Waals surface area (Å²) in [5.74, 6) is -0.135. The maximum atomic E-state index is 11.8. The standard InChI is InChI=1S/C17H17ClN4O/c18-12-2-3-13-14(4-9-21-15(13)10-12)20-7-1-8-22-16(23)17(11-19)5-6-17/h2-4,9-10H,1,5-8H2,(H,20,21)(H,22,23). The van der Waals surface area contributed by atoms with Crippen LogP contribution in [0.1, 0.15) is 19.3 Å². The molecule has 118 valence electrons. The monoisotopic (exact) mass is 328 g/mol. The second-order valence-corrected chi connectivity index (χ2v) is 6.19. The van der Waals surface area contributed by atoms with Crippen LogP contribution in [0.4, 0.5) is 5.69 Å². The van der Waals surface area contributed by atoms with E-state index in [-0.39, 0.29) is 5.91 Å². The molecule has 1 aromatic heterocycles. The second-order valence-electron chi connectivity index (χ2n) is 5.75. The number of nitriles is 1. The van der Waals surface area contributed by atoms with E-state index in [2.05, 4.69) is 21.7 Å². The van der Waals surface area contributed by atoms with Crippen molar-refractivity contribution in [3.8, 4) is 6.07 Å². The van der Waals surface area contributed by atoms with E-state index in [9.17, 15) is 4.79 Å². The van der Waals surface area contributed by atoms with E-state index in [4.69, 9.17) is 16.9 Å². The Balaban J connectivity index is 1.50. The summed E-state index contributed by atoms with van der Waals surface area (Å²) in [7, 11) is 0. The Morgan fingerprint density at radius 2 is 2.17 bits per heavy atom. The van der Waals surface area contributed by atoms with Crippen molar-refractivity contribution in [3.63, 3.8) is 0 Å². The van der Waals surface area contributed by atoms with E-state index in [1.807, 2.05) is 24.3 Å². The van der Waals surface area contributed by atoms with Crippen molar-refractivity contribution in [3.05, 3.63) is 35.5 Å². The van der Waals surface area contributed by atoms with Gasteiger partial charge in [-0.15, -0.1) is 0 Å². The van der Waals surface area contributed by atoms with Gasteiger partial charge in [0.25, 0.3) is 0 Å². The molecule has 0 saturated heterocycles. The maximum absolute atomic E-state index is 11.8. The van der Waals surface area contributed by atoms with E-state index in [1.54, 1.807) is 6.20 Å². The maximum Gasteiger partial charge on any atom is 0.240 e. The summed E-state index contributed by atoms with van der Waals surface area (Å²) < 4.78 is 0. The van der Waals surface area contributed by atoms with Crippen molar-refractivity contribution in [2.75, 3.05) is 18.4 Å². The zero-order valence-corrected chi connectivity index (χ0v) is 13.4. The molecule has 1 aromatic carbocycles. The third-order valence-electron chi connectivity index (χ3n) is 4.06. The Hall–Kier alpha value is -2.32. The molecule has 0 spiro atoms. The first-order chi connectivity index (χ1) is 11.1. The van der Waals surface area contributed by atoms with Gasteiger partial charge in [-0.25, -0.2) is 0 Å². The number of pyridine rings is 1. The summed E-state index contributed by atoms with van der Waals surface area (Å²) >= 11 is 5.98. The highest BCUT2D eigenvalue weighted by atomic mass is 35.5. The van der Waals surface area contributed by atoms with Crippen LogP contribution in [0.2, 0.25) is 5.02 Å². The molecule has 0 aliphatic heterocycles. The molecule has 2 aromatic rings. The van der Waals surface area contributed by atoms with E-state index < -0.39 is 5.41 Å². The van der Waals surface area contributed by atoms with Crippen molar-refractivity contribution in [1.82, 2.24) is 10.3 Å². The minimum absolute atomic E-state index is 0.135. The van der Waals surface area contributed by atoms with Crippen LogP contribution in [0.15, 0.2) is 30.5 Å². The largest absolute Gasteiger partial charge is 0.384 e. The minimum atomic E-state index is -0.742. The Morgan fingerprint density at radius 3 is 2.91 bits per heavy atom. The lowest BCUT2D eigenvalue weighted by molar-refractivity contribution is -0.124. The van der Waals surface area contributed by atoms with Gasteiger partial charge in [0.15, 0.2) is 0 Å². The molecule has 23 heavy (non-hydrogen) atoms. The van der Waals surface area contributed by atoms with E-state index in [1.165, 1.54) is 0 Å². The molecule has 1 aliphatic rings. The second kappa shape index (κ2) is 6.43. The lowest BCUT2D eigenvalue weighted by atomic mass is 10.1. The molecule has 3 rings (SSSR count). The number of carbonyl (C=O) groups is 1. The average Bonchev–Trinajstić information content (AvgIpc) is 3.35. The van der Waals surface area contributed by atoms with Crippen LogP contribution in [0.3, 0.4) is 0 Å². The molecule has 5 nitrogen and oxygen atoms in total. The Morgan fingerprint density at radius 1 is 1.35 bits per heavy atom. The van der Waals surface area contributed by atoms with Crippen LogP contribution in [0, 0.1) is 16.7 Å². The number of carbonyl (C=O) groups excluding carboxylic acids is 1. The predicted octanol–water partition coefficient (Wildman–Crippen LogP) is 3.11. The summed E-state index contributed by atoms with van der Waals surface area (Å²) in [6.45, 7) is 1.28. The Bertz CT molecular complexity index is 780. The highest BCUT2D eigenvalue weighted by Gasteiger charge is 2.50. The van der Waals surface area contributed by atoms with Crippen LogP contribution in [-0.2, 0) is 4.79 Å². The van der Waals surface area contributed by atoms with E-state index in [0.29, 0.717) is 24.4 Å². The number of hydrogen-bond donors (Lipinski definition) is 2. The number of halogens is 1. The summed E-state index contributed by atoms with van der Waals surface area (Å²) in [4.78, 5) is 16.1. The molecule has 2 N–H and O–H groups in total. The lowest BCUT2D eigenvalue weighted by Gasteiger charge is -2.11. The van der Waals surface area contributed by atoms with E-state index >= 15 is 0 Å². The third kappa shape index (κ3) is 3.38. The molecule has 1 saturated carbocycles. The van der Waals surface area contributed by atoms with Crippen molar-refractivity contribution in [2.45, 2.75) is 19.3 Å². The normalized spacial score (nSPS) is 15.0. The summed E-state index contributed by atoms with van der Waals surface area (Å²) in [6, 6.07) is 9.64. The number of fused-ring (bicyclic) bond motifs is 1. The van der Waals surface area contributed by atoms with Crippen LogP contribution >= 0.6 is 11.6 Å². The predicted molar refractivity (Wildman–Crippen MR) is 90.1 cm³/mol. The summed E-state index contributed by atoms with van der Waals surface area (Å²) in [5.41, 5.74) is 1.10. The first-order valence-electron chi connectivity index (χ1n) is 7.62. The first-order valence-corrected chi connectivity index (χ1v) is 8.00. The van der Waals surface area contributed by atoms with Crippen LogP contribution in [0.25, 0.3) is 10.9 Å². The fourth-order valence-corrected chi connectivity index (χ4v) is 2.64. The molecular weight excluding hydrogens is 312 g/mol. The fraction of sp³-hybridized carbons (Fsp3) is 0.353. The van der Waals surface area contributed by atoms with Gasteiger partial charge >= 0.3 is 0 Å². The van der Waals surface area contributed by atoms with Gasteiger partial charge in [-0.05, 0) is 43.5 Å². The number of benzene rings is 1. The zero-order chi connectivity index (χ0) is 16.3. The Labute approximate surface area is 139 Å². The third-order valence-corrected chi connectivity index (χ3v) is 4.29. The number of nitrogens with one attached hydrogen (secondary N) is 2. The first kappa shape index (κ1) is 15.6. The van der Waals surface area contributed by atoms with Gasteiger partial charge in [0.2, 0.25) is 5.91 Å². The van der Waals surface area contributed by atoms with Gasteiger partial charge in [0.1, 0.15) is 5.41 Å². The number of anilines is 1. The quantitative estimate of drug-likeness (QED) is 0.799. The lowest BCUT2D eigenvalue weighted by Crippen LogP contribution is -2.32. The SMILES string of the molecule is N#CC1(C(=O)NCCCNc2ccnc3cc(Cl)ccc23)CC1. The molecule has 6 heteroatoms. The van der Waals surface area contributed by atoms with Gasteiger partial charge < -0.3 is 10.6 Å². The van der Waals surface area contributed by atoms with Crippen molar-refractivity contribution < 1.29 is 4.79 Å². The highest BCUT2D eigenvalue weighted by Crippen LogP contribution is 2.44. The smallest absolute Gasteiger partial charge is 0.240 e. The van der Waals surface area contributed by atoms with E-state index in [0.717, 1.165) is 29.6 Å². The molecule has 1 heterocycles. The molecule has 1 amide bonds. The molecule has 1 aliphatic carbocycles. The molecule has 0 bridgehead atoms. The highest BCUT2D eigenvalue weighted by molar-refractivity contribution is 6.31. The molecular formula is C17H17ClN4O. The van der Waals surface area contributed by atoms with Crippen molar-refractivity contribution in [1.29, 1.82) is 5.26 Å². The van der Waals surface area contributed by atoms with Gasteiger partial charge in [-0.2, -0.15) is 5.26 Å².